The molecule has 1 unspecified atom stereocenters. The van der Waals surface area contributed by atoms with Crippen LogP contribution in [-0.2, 0) is 11.3 Å². The van der Waals surface area contributed by atoms with Gasteiger partial charge in [0, 0.05) is 32.7 Å². The number of benzene rings is 1. The van der Waals surface area contributed by atoms with Crippen molar-refractivity contribution in [2.45, 2.75) is 38.3 Å². The van der Waals surface area contributed by atoms with E-state index in [1.54, 1.807) is 0 Å². The number of aliphatic hydroxyl groups excluding tert-OH is 1. The van der Waals surface area contributed by atoms with Crippen LogP contribution in [0.1, 0.15) is 31.2 Å². The number of rotatable bonds is 8. The molecule has 0 bridgehead atoms. The molecule has 4 rings (SSSR count). The van der Waals surface area contributed by atoms with Crippen LogP contribution < -0.4 is 4.74 Å². The molecule has 27 heavy (non-hydrogen) atoms. The van der Waals surface area contributed by atoms with Crippen LogP contribution in [0.3, 0.4) is 0 Å². The molecule has 0 aromatic heterocycles. The van der Waals surface area contributed by atoms with Crippen molar-refractivity contribution in [2.24, 2.45) is 11.8 Å². The van der Waals surface area contributed by atoms with Crippen LogP contribution >= 0.6 is 0 Å². The summed E-state index contributed by atoms with van der Waals surface area (Å²) in [5, 5.41) is 9.77. The highest BCUT2D eigenvalue weighted by molar-refractivity contribution is 5.27. The third-order valence-corrected chi connectivity index (χ3v) is 6.37. The zero-order valence-corrected chi connectivity index (χ0v) is 16.4. The van der Waals surface area contributed by atoms with E-state index in [9.17, 15) is 5.11 Å². The summed E-state index contributed by atoms with van der Waals surface area (Å²) in [6.45, 7) is 9.15. The lowest BCUT2D eigenvalue weighted by atomic mass is 10.0. The molecule has 5 nitrogen and oxygen atoms in total. The topological polar surface area (TPSA) is 45.2 Å². The van der Waals surface area contributed by atoms with E-state index in [1.807, 2.05) is 0 Å². The maximum absolute atomic E-state index is 9.77. The minimum absolute atomic E-state index is 0.0487. The second-order valence-electron chi connectivity index (χ2n) is 8.49. The molecule has 150 valence electrons. The summed E-state index contributed by atoms with van der Waals surface area (Å²) in [5.74, 6) is 2.40. The van der Waals surface area contributed by atoms with E-state index >= 15 is 0 Å². The lowest BCUT2D eigenvalue weighted by molar-refractivity contribution is 0.0368. The third kappa shape index (κ3) is 5.44. The number of ether oxygens (including phenoxy) is 2. The molecular formula is C22H34N2O3. The molecule has 1 aromatic carbocycles. The lowest BCUT2D eigenvalue weighted by Gasteiger charge is -2.26. The van der Waals surface area contributed by atoms with E-state index in [1.165, 1.54) is 12.0 Å². The fraction of sp³-hybridized carbons (Fsp3) is 0.727. The van der Waals surface area contributed by atoms with Crippen LogP contribution in [0.5, 0.6) is 5.75 Å². The minimum atomic E-state index is -0.0487. The van der Waals surface area contributed by atoms with Gasteiger partial charge in [0.05, 0.1) is 25.9 Å². The Hall–Kier alpha value is -1.14. The molecule has 1 aliphatic carbocycles. The molecule has 1 N–H and O–H groups in total. The molecule has 0 amide bonds. The summed E-state index contributed by atoms with van der Waals surface area (Å²) < 4.78 is 11.3. The van der Waals surface area contributed by atoms with E-state index in [-0.39, 0.29) is 6.10 Å². The highest BCUT2D eigenvalue weighted by Gasteiger charge is 2.39. The van der Waals surface area contributed by atoms with Crippen molar-refractivity contribution in [2.75, 3.05) is 52.5 Å². The molecule has 2 heterocycles. The summed E-state index contributed by atoms with van der Waals surface area (Å²) in [6.07, 6.45) is 4.23. The van der Waals surface area contributed by atoms with Gasteiger partial charge in [0.2, 0.25) is 0 Å². The first kappa shape index (κ1) is 19.2. The molecule has 3 aliphatic rings. The van der Waals surface area contributed by atoms with Crippen molar-refractivity contribution in [3.05, 3.63) is 29.8 Å². The number of aliphatic hydroxyl groups is 1. The highest BCUT2D eigenvalue weighted by atomic mass is 16.5. The highest BCUT2D eigenvalue weighted by Crippen LogP contribution is 2.38. The molecule has 1 saturated carbocycles. The Morgan fingerprint density at radius 1 is 0.963 bits per heavy atom. The third-order valence-electron chi connectivity index (χ3n) is 6.37. The Bertz CT molecular complexity index is 559. The second-order valence-corrected chi connectivity index (χ2v) is 8.49. The number of hydrogen-bond acceptors (Lipinski definition) is 5. The Morgan fingerprint density at radius 2 is 1.67 bits per heavy atom. The molecule has 2 aliphatic heterocycles. The number of nitrogens with zero attached hydrogens (tertiary/aromatic N) is 2. The predicted molar refractivity (Wildman–Crippen MR) is 106 cm³/mol. The van der Waals surface area contributed by atoms with E-state index < -0.39 is 0 Å². The van der Waals surface area contributed by atoms with Crippen LogP contribution in [0.15, 0.2) is 24.3 Å². The number of unbranched alkanes of at least 4 members (excludes halogenated alkanes) is 1. The second kappa shape index (κ2) is 9.37. The largest absolute Gasteiger partial charge is 0.494 e. The number of hydrogen-bond donors (Lipinski definition) is 1. The Balaban J connectivity index is 1.12. The fourth-order valence-electron chi connectivity index (χ4n) is 4.90. The van der Waals surface area contributed by atoms with Crippen molar-refractivity contribution < 1.29 is 14.6 Å². The molecule has 3 fully saturated rings. The Kier molecular flexibility index (Phi) is 6.66. The molecule has 2 saturated heterocycles. The number of fused-ring (bicyclic) bond motifs is 1. The summed E-state index contributed by atoms with van der Waals surface area (Å²) in [7, 11) is 0. The summed E-state index contributed by atoms with van der Waals surface area (Å²) >= 11 is 0. The van der Waals surface area contributed by atoms with Gasteiger partial charge in [-0.25, -0.2) is 0 Å². The van der Waals surface area contributed by atoms with Crippen LogP contribution in [0.25, 0.3) is 0 Å². The van der Waals surface area contributed by atoms with E-state index in [2.05, 4.69) is 34.1 Å². The molecule has 5 heteroatoms. The fourth-order valence-corrected chi connectivity index (χ4v) is 4.90. The molecule has 1 aromatic rings. The quantitative estimate of drug-likeness (QED) is 0.708. The van der Waals surface area contributed by atoms with Gasteiger partial charge in [0.25, 0.3) is 0 Å². The molecule has 0 spiro atoms. The molecular weight excluding hydrogens is 340 g/mol. The van der Waals surface area contributed by atoms with Crippen molar-refractivity contribution in [1.82, 2.24) is 9.80 Å². The average Bonchev–Trinajstić information content (AvgIpc) is 3.20. The SMILES string of the molecule is OC1C[C@@H]2CN(Cc3ccc(OCCCCN4CCOCC4)cc3)C[C@@H]2C1. The maximum atomic E-state index is 9.77. The number of morpholine rings is 1. The normalized spacial score (nSPS) is 29.1. The molecule has 3 atom stereocenters. The smallest absolute Gasteiger partial charge is 0.119 e. The Morgan fingerprint density at radius 3 is 2.37 bits per heavy atom. The van der Waals surface area contributed by atoms with Gasteiger partial charge in [0.1, 0.15) is 5.75 Å². The van der Waals surface area contributed by atoms with E-state index in [0.29, 0.717) is 11.8 Å². The van der Waals surface area contributed by atoms with Crippen LogP contribution in [0.4, 0.5) is 0 Å². The Labute approximate surface area is 163 Å². The van der Waals surface area contributed by atoms with Crippen LogP contribution in [0.2, 0.25) is 0 Å². The van der Waals surface area contributed by atoms with Gasteiger partial charge in [-0.2, -0.15) is 0 Å². The zero-order valence-electron chi connectivity index (χ0n) is 16.4. The van der Waals surface area contributed by atoms with Gasteiger partial charge in [0.15, 0.2) is 0 Å². The summed E-state index contributed by atoms with van der Waals surface area (Å²) in [4.78, 5) is 5.02. The lowest BCUT2D eigenvalue weighted by Crippen LogP contribution is -2.36. The van der Waals surface area contributed by atoms with E-state index in [4.69, 9.17) is 9.47 Å². The first-order valence-corrected chi connectivity index (χ1v) is 10.7. The van der Waals surface area contributed by atoms with Gasteiger partial charge in [-0.05, 0) is 61.8 Å². The van der Waals surface area contributed by atoms with Crippen LogP contribution in [-0.4, -0.2) is 73.6 Å². The predicted octanol–water partition coefficient (Wildman–Crippen LogP) is 2.38. The van der Waals surface area contributed by atoms with Gasteiger partial charge < -0.3 is 14.6 Å². The first-order chi connectivity index (χ1) is 13.3. The number of likely N-dealkylation sites (tertiary alicyclic amines) is 1. The first-order valence-electron chi connectivity index (χ1n) is 10.7. The maximum Gasteiger partial charge on any atom is 0.119 e. The summed E-state index contributed by atoms with van der Waals surface area (Å²) in [6, 6.07) is 8.62. The van der Waals surface area contributed by atoms with Gasteiger partial charge in [-0.1, -0.05) is 12.1 Å². The minimum Gasteiger partial charge on any atom is -0.494 e. The average molecular weight is 375 g/mol. The van der Waals surface area contributed by atoms with Gasteiger partial charge in [-0.15, -0.1) is 0 Å². The van der Waals surface area contributed by atoms with E-state index in [0.717, 1.165) is 84.1 Å². The van der Waals surface area contributed by atoms with Crippen molar-refractivity contribution in [3.8, 4) is 5.75 Å². The standard InChI is InChI=1S/C22H34N2O3/c25-21-13-19-16-24(17-20(19)14-21)15-18-3-5-22(6-4-18)27-10-2-1-7-23-8-11-26-12-9-23/h3-6,19-21,25H,1-2,7-17H2/t19-,20+,21?. The van der Waals surface area contributed by atoms with Crippen LogP contribution in [0, 0.1) is 11.8 Å². The van der Waals surface area contributed by atoms with Gasteiger partial charge in [-0.3, -0.25) is 9.80 Å². The monoisotopic (exact) mass is 374 g/mol. The van der Waals surface area contributed by atoms with Crippen molar-refractivity contribution >= 4 is 0 Å². The van der Waals surface area contributed by atoms with Gasteiger partial charge >= 0.3 is 0 Å². The van der Waals surface area contributed by atoms with Crippen molar-refractivity contribution in [3.63, 3.8) is 0 Å². The summed E-state index contributed by atoms with van der Waals surface area (Å²) in [5.41, 5.74) is 1.36. The van der Waals surface area contributed by atoms with Crippen molar-refractivity contribution in [1.29, 1.82) is 0 Å². The molecule has 0 radical (unpaired) electrons. The zero-order chi connectivity index (χ0) is 18.5.